The molecule has 0 radical (unpaired) electrons. The van der Waals surface area contributed by atoms with Crippen LogP contribution in [0.2, 0.25) is 0 Å². The molecule has 5 heteroatoms. The van der Waals surface area contributed by atoms with Crippen LogP contribution < -0.4 is 10.1 Å². The van der Waals surface area contributed by atoms with Crippen LogP contribution in [-0.4, -0.2) is 31.5 Å². The summed E-state index contributed by atoms with van der Waals surface area (Å²) in [5.74, 6) is 0.792. The average Bonchev–Trinajstić information content (AvgIpc) is 2.56. The van der Waals surface area contributed by atoms with E-state index in [1.54, 1.807) is 7.11 Å². The molecule has 0 heterocycles. The predicted octanol–water partition coefficient (Wildman–Crippen LogP) is 4.40. The minimum atomic E-state index is -0.0299. The van der Waals surface area contributed by atoms with Gasteiger partial charge < -0.3 is 10.1 Å². The Morgan fingerprint density at radius 3 is 2.71 bits per heavy atom. The van der Waals surface area contributed by atoms with E-state index >= 15 is 0 Å². The van der Waals surface area contributed by atoms with Gasteiger partial charge in [-0.3, -0.25) is 9.69 Å². The van der Waals surface area contributed by atoms with E-state index in [-0.39, 0.29) is 11.9 Å². The van der Waals surface area contributed by atoms with E-state index in [1.807, 2.05) is 61.3 Å². The Morgan fingerprint density at radius 2 is 2.04 bits per heavy atom. The second-order valence-electron chi connectivity index (χ2n) is 5.88. The van der Waals surface area contributed by atoms with Crippen LogP contribution in [-0.2, 0) is 4.79 Å². The largest absolute Gasteiger partial charge is 0.497 e. The molecule has 2 rings (SSSR count). The Kier molecular flexibility index (Phi) is 6.40. The molecule has 0 saturated heterocycles. The number of nitrogens with zero attached hydrogens (tertiary/aromatic N) is 1. The molecule has 0 fully saturated rings. The molecule has 0 aromatic heterocycles. The maximum atomic E-state index is 12.3. The number of hydrogen-bond donors (Lipinski definition) is 1. The van der Waals surface area contributed by atoms with Gasteiger partial charge in [-0.05, 0) is 62.4 Å². The number of rotatable bonds is 6. The fourth-order valence-corrected chi connectivity index (χ4v) is 2.95. The Labute approximate surface area is 151 Å². The highest BCUT2D eigenvalue weighted by Crippen LogP contribution is 2.23. The van der Waals surface area contributed by atoms with Crippen molar-refractivity contribution in [3.05, 3.63) is 58.1 Å². The number of ether oxygens (including phenoxy) is 1. The lowest BCUT2D eigenvalue weighted by atomic mass is 10.1. The lowest BCUT2D eigenvalue weighted by Gasteiger charge is -2.25. The molecule has 0 aliphatic heterocycles. The monoisotopic (exact) mass is 390 g/mol. The quantitative estimate of drug-likeness (QED) is 0.794. The van der Waals surface area contributed by atoms with Crippen LogP contribution in [0.3, 0.4) is 0 Å². The first-order valence-electron chi connectivity index (χ1n) is 7.81. The van der Waals surface area contributed by atoms with Gasteiger partial charge in [-0.15, -0.1) is 0 Å². The summed E-state index contributed by atoms with van der Waals surface area (Å²) in [4.78, 5) is 14.3. The third-order valence-electron chi connectivity index (χ3n) is 4.09. The molecule has 0 saturated carbocycles. The molecule has 1 N–H and O–H groups in total. The molecule has 2 aromatic carbocycles. The van der Waals surface area contributed by atoms with Crippen LogP contribution >= 0.6 is 15.9 Å². The number of anilines is 1. The van der Waals surface area contributed by atoms with E-state index in [4.69, 9.17) is 4.74 Å². The van der Waals surface area contributed by atoms with E-state index in [1.165, 1.54) is 0 Å². The van der Waals surface area contributed by atoms with Gasteiger partial charge in [0.1, 0.15) is 5.75 Å². The highest BCUT2D eigenvalue weighted by Gasteiger charge is 2.16. The summed E-state index contributed by atoms with van der Waals surface area (Å²) in [6.45, 7) is 4.36. The molecule has 2 aromatic rings. The van der Waals surface area contributed by atoms with Gasteiger partial charge in [0.2, 0.25) is 5.91 Å². The van der Waals surface area contributed by atoms with Gasteiger partial charge in [0.15, 0.2) is 0 Å². The molecule has 1 atom stereocenters. The highest BCUT2D eigenvalue weighted by molar-refractivity contribution is 9.10. The summed E-state index contributed by atoms with van der Waals surface area (Å²) in [7, 11) is 3.60. The van der Waals surface area contributed by atoms with Crippen LogP contribution in [0.25, 0.3) is 0 Å². The molecule has 0 spiro atoms. The molecule has 1 amide bonds. The summed E-state index contributed by atoms with van der Waals surface area (Å²) >= 11 is 3.43. The van der Waals surface area contributed by atoms with Gasteiger partial charge in [-0.1, -0.05) is 28.1 Å². The standard InChI is InChI=1S/C19H23BrN2O2/c1-13-10-16(20)8-9-18(13)21-19(23)12-22(3)14(2)15-6-5-7-17(11-15)24-4/h5-11,14H,12H2,1-4H3,(H,21,23). The summed E-state index contributed by atoms with van der Waals surface area (Å²) in [5, 5.41) is 2.97. The highest BCUT2D eigenvalue weighted by atomic mass is 79.9. The smallest absolute Gasteiger partial charge is 0.238 e. The third kappa shape index (κ3) is 4.82. The molecule has 0 aliphatic carbocycles. The summed E-state index contributed by atoms with van der Waals surface area (Å²) in [6.07, 6.45) is 0. The number of carbonyl (C=O) groups is 1. The lowest BCUT2D eigenvalue weighted by Crippen LogP contribution is -2.32. The number of benzene rings is 2. The van der Waals surface area contributed by atoms with E-state index in [2.05, 4.69) is 28.2 Å². The number of halogens is 1. The van der Waals surface area contributed by atoms with Crippen molar-refractivity contribution in [2.24, 2.45) is 0 Å². The van der Waals surface area contributed by atoms with Crippen LogP contribution in [0.1, 0.15) is 24.1 Å². The summed E-state index contributed by atoms with van der Waals surface area (Å²) < 4.78 is 6.27. The molecular weight excluding hydrogens is 368 g/mol. The first-order valence-corrected chi connectivity index (χ1v) is 8.60. The van der Waals surface area contributed by atoms with E-state index in [0.29, 0.717) is 6.54 Å². The van der Waals surface area contributed by atoms with Crippen molar-refractivity contribution in [1.29, 1.82) is 0 Å². The number of nitrogens with one attached hydrogen (secondary N) is 1. The average molecular weight is 391 g/mol. The van der Waals surface area contributed by atoms with Crippen molar-refractivity contribution >= 4 is 27.5 Å². The molecule has 0 aliphatic rings. The van der Waals surface area contributed by atoms with Crippen molar-refractivity contribution in [1.82, 2.24) is 4.90 Å². The zero-order valence-corrected chi connectivity index (χ0v) is 16.1. The Morgan fingerprint density at radius 1 is 1.29 bits per heavy atom. The fraction of sp³-hybridized carbons (Fsp3) is 0.316. The molecule has 0 bridgehead atoms. The zero-order valence-electron chi connectivity index (χ0n) is 14.5. The zero-order chi connectivity index (χ0) is 17.7. The summed E-state index contributed by atoms with van der Waals surface area (Å²) in [6, 6.07) is 13.8. The maximum absolute atomic E-state index is 12.3. The van der Waals surface area contributed by atoms with Gasteiger partial charge in [0, 0.05) is 16.2 Å². The number of hydrogen-bond acceptors (Lipinski definition) is 3. The number of aryl methyl sites for hydroxylation is 1. The number of carbonyl (C=O) groups excluding carboxylic acids is 1. The van der Waals surface area contributed by atoms with E-state index in [9.17, 15) is 4.79 Å². The second kappa shape index (κ2) is 8.31. The third-order valence-corrected chi connectivity index (χ3v) is 4.59. The maximum Gasteiger partial charge on any atom is 0.238 e. The Hall–Kier alpha value is -1.85. The first kappa shape index (κ1) is 18.5. The van der Waals surface area contributed by atoms with Crippen LogP contribution in [0.4, 0.5) is 5.69 Å². The predicted molar refractivity (Wildman–Crippen MR) is 102 cm³/mol. The molecular formula is C19H23BrN2O2. The topological polar surface area (TPSA) is 41.6 Å². The SMILES string of the molecule is COc1cccc(C(C)N(C)CC(=O)Nc2ccc(Br)cc2C)c1. The first-order chi connectivity index (χ1) is 11.4. The normalized spacial score (nSPS) is 12.1. The second-order valence-corrected chi connectivity index (χ2v) is 6.79. The van der Waals surface area contributed by atoms with Crippen LogP contribution in [0.5, 0.6) is 5.75 Å². The van der Waals surface area contributed by atoms with Gasteiger partial charge in [-0.2, -0.15) is 0 Å². The van der Waals surface area contributed by atoms with Gasteiger partial charge >= 0.3 is 0 Å². The van der Waals surface area contributed by atoms with Gasteiger partial charge in [-0.25, -0.2) is 0 Å². The van der Waals surface area contributed by atoms with Gasteiger partial charge in [0.05, 0.1) is 13.7 Å². The molecule has 24 heavy (non-hydrogen) atoms. The lowest BCUT2D eigenvalue weighted by molar-refractivity contribution is -0.117. The molecule has 4 nitrogen and oxygen atoms in total. The van der Waals surface area contributed by atoms with Crippen molar-refractivity contribution in [2.75, 3.05) is 26.0 Å². The van der Waals surface area contributed by atoms with Crippen molar-refractivity contribution in [3.8, 4) is 5.75 Å². The molecule has 128 valence electrons. The van der Waals surface area contributed by atoms with Crippen molar-refractivity contribution < 1.29 is 9.53 Å². The minimum absolute atomic E-state index is 0.0299. The fourth-order valence-electron chi connectivity index (χ4n) is 2.48. The van der Waals surface area contributed by atoms with Crippen molar-refractivity contribution in [2.45, 2.75) is 19.9 Å². The van der Waals surface area contributed by atoms with E-state index in [0.717, 1.165) is 27.0 Å². The van der Waals surface area contributed by atoms with Gasteiger partial charge in [0.25, 0.3) is 0 Å². The summed E-state index contributed by atoms with van der Waals surface area (Å²) in [5.41, 5.74) is 2.98. The Bertz CT molecular complexity index is 718. The van der Waals surface area contributed by atoms with E-state index < -0.39 is 0 Å². The number of amides is 1. The van der Waals surface area contributed by atoms with Crippen LogP contribution in [0.15, 0.2) is 46.9 Å². The number of methoxy groups -OCH3 is 1. The Balaban J connectivity index is 1.99. The minimum Gasteiger partial charge on any atom is -0.497 e. The van der Waals surface area contributed by atoms with Crippen LogP contribution in [0, 0.1) is 6.92 Å². The number of likely N-dealkylation sites (N-methyl/N-ethyl adjacent to an activating group) is 1. The molecule has 1 unspecified atom stereocenters. The van der Waals surface area contributed by atoms with Crippen molar-refractivity contribution in [3.63, 3.8) is 0 Å².